The summed E-state index contributed by atoms with van der Waals surface area (Å²) in [5.41, 5.74) is 22.6. The van der Waals surface area contributed by atoms with Gasteiger partial charge in [-0.15, -0.1) is 11.8 Å². The van der Waals surface area contributed by atoms with Crippen LogP contribution in [0.5, 0.6) is 0 Å². The molecule has 0 N–H and O–H groups in total. The molecule has 0 bridgehead atoms. The number of thioether (sulfide) groups is 1. The zero-order chi connectivity index (χ0) is 32.6. The normalized spacial score (nSPS) is 21.1. The molecule has 12 rings (SSSR count). The van der Waals surface area contributed by atoms with Crippen molar-refractivity contribution in [1.29, 1.82) is 0 Å². The maximum absolute atomic E-state index is 2.64. The molecule has 0 nitrogen and oxygen atoms in total. The average Bonchev–Trinajstić information content (AvgIpc) is 3.81. The molecular weight excluding hydrogens is 621 g/mol. The lowest BCUT2D eigenvalue weighted by atomic mass is 9.69. The van der Waals surface area contributed by atoms with Gasteiger partial charge in [-0.05, 0) is 156 Å². The van der Waals surface area contributed by atoms with Crippen molar-refractivity contribution < 1.29 is 0 Å². The number of allylic oxidation sites excluding steroid dienone is 5. The van der Waals surface area contributed by atoms with Gasteiger partial charge in [0.05, 0.1) is 5.41 Å². The standard InChI is InChI=1S/C49H34S/c1-3-14-33-31(12-1)32-13-2-4-15-34(32)39-28-45-40(27-38(33)39)35-16-5-8-20-42(35)49(45)43-21-9-6-18-37(43)48-30(19-11-22-44(48)49)29-24-25-47-41(26-29)36-17-7-10-23-46(36)50-47/h2-3,5-11,13-14,16-24,26-28,47H,1,4,12,15,25H2. The van der Waals surface area contributed by atoms with Crippen molar-refractivity contribution in [3.8, 4) is 22.3 Å². The first-order chi connectivity index (χ1) is 24.8. The van der Waals surface area contributed by atoms with Crippen LogP contribution < -0.4 is 0 Å². The Morgan fingerprint density at radius 2 is 1.26 bits per heavy atom. The molecule has 6 aromatic carbocycles. The van der Waals surface area contributed by atoms with Crippen molar-refractivity contribution in [2.75, 3.05) is 0 Å². The van der Waals surface area contributed by atoms with E-state index in [0.29, 0.717) is 5.25 Å². The Hall–Kier alpha value is -5.11. The Morgan fingerprint density at radius 3 is 2.14 bits per heavy atom. The number of fused-ring (bicyclic) bond motifs is 19. The number of hydrogen-bond acceptors (Lipinski definition) is 1. The number of aryl methyl sites for hydroxylation is 1. The summed E-state index contributed by atoms with van der Waals surface area (Å²) >= 11 is 2.03. The maximum atomic E-state index is 2.64. The van der Waals surface area contributed by atoms with Gasteiger partial charge in [-0.1, -0.05) is 115 Å². The lowest BCUT2D eigenvalue weighted by Gasteiger charge is -2.31. The molecule has 0 amide bonds. The second kappa shape index (κ2) is 9.99. The Labute approximate surface area is 297 Å². The molecular formula is C49H34S. The molecule has 2 atom stereocenters. The molecule has 0 fully saturated rings. The summed E-state index contributed by atoms with van der Waals surface area (Å²) in [6.45, 7) is 0. The molecule has 6 aliphatic rings. The van der Waals surface area contributed by atoms with E-state index >= 15 is 0 Å². The van der Waals surface area contributed by atoms with Crippen LogP contribution in [0.4, 0.5) is 0 Å². The van der Waals surface area contributed by atoms with Crippen LogP contribution in [-0.2, 0) is 18.3 Å². The first-order valence-corrected chi connectivity index (χ1v) is 19.2. The predicted octanol–water partition coefficient (Wildman–Crippen LogP) is 12.4. The molecule has 0 saturated heterocycles. The van der Waals surface area contributed by atoms with Gasteiger partial charge in [0, 0.05) is 10.1 Å². The number of rotatable bonds is 1. The van der Waals surface area contributed by atoms with E-state index in [-0.39, 0.29) is 5.41 Å². The van der Waals surface area contributed by atoms with Crippen molar-refractivity contribution in [3.05, 3.63) is 183 Å². The van der Waals surface area contributed by atoms with Crippen LogP contribution in [0.25, 0.3) is 56.3 Å². The Balaban J connectivity index is 1.16. The van der Waals surface area contributed by atoms with E-state index in [9.17, 15) is 0 Å². The monoisotopic (exact) mass is 654 g/mol. The van der Waals surface area contributed by atoms with Gasteiger partial charge in [-0.3, -0.25) is 0 Å². The fourth-order valence-electron chi connectivity index (χ4n) is 10.6. The van der Waals surface area contributed by atoms with Crippen molar-refractivity contribution in [3.63, 3.8) is 0 Å². The minimum Gasteiger partial charge on any atom is -0.117 e. The third-order valence-electron chi connectivity index (χ3n) is 12.5. The molecule has 50 heavy (non-hydrogen) atoms. The quantitative estimate of drug-likeness (QED) is 0.170. The third-order valence-corrected chi connectivity index (χ3v) is 13.9. The van der Waals surface area contributed by atoms with Gasteiger partial charge < -0.3 is 0 Å². The van der Waals surface area contributed by atoms with E-state index < -0.39 is 0 Å². The van der Waals surface area contributed by atoms with Crippen LogP contribution in [0.15, 0.2) is 132 Å². The fraction of sp³-hybridized carbons (Fsp3) is 0.143. The second-order valence-electron chi connectivity index (χ2n) is 14.8. The van der Waals surface area contributed by atoms with E-state index in [4.69, 9.17) is 0 Å². The molecule has 1 spiro atoms. The molecule has 0 radical (unpaired) electrons. The molecule has 5 aliphatic carbocycles. The van der Waals surface area contributed by atoms with Crippen molar-refractivity contribution in [2.24, 2.45) is 0 Å². The van der Waals surface area contributed by atoms with Gasteiger partial charge in [0.2, 0.25) is 0 Å². The summed E-state index contributed by atoms with van der Waals surface area (Å²) in [4.78, 5) is 1.42. The van der Waals surface area contributed by atoms with Crippen LogP contribution >= 0.6 is 11.8 Å². The molecule has 0 saturated carbocycles. The molecule has 6 aromatic rings. The average molecular weight is 655 g/mol. The minimum atomic E-state index is -0.369. The summed E-state index contributed by atoms with van der Waals surface area (Å²) in [5.74, 6) is 0. The van der Waals surface area contributed by atoms with Crippen LogP contribution in [-0.4, -0.2) is 5.25 Å². The highest BCUT2D eigenvalue weighted by Gasteiger charge is 2.52. The lowest BCUT2D eigenvalue weighted by Crippen LogP contribution is -2.26. The maximum Gasteiger partial charge on any atom is 0.0725 e. The second-order valence-corrected chi connectivity index (χ2v) is 16.0. The first-order valence-electron chi connectivity index (χ1n) is 18.3. The zero-order valence-electron chi connectivity index (χ0n) is 27.8. The highest BCUT2D eigenvalue weighted by atomic mass is 32.2. The largest absolute Gasteiger partial charge is 0.117 e. The molecule has 1 heteroatoms. The van der Waals surface area contributed by atoms with E-state index in [1.54, 1.807) is 11.1 Å². The van der Waals surface area contributed by atoms with E-state index in [0.717, 1.165) is 32.1 Å². The van der Waals surface area contributed by atoms with Crippen molar-refractivity contribution in [1.82, 2.24) is 0 Å². The van der Waals surface area contributed by atoms with Gasteiger partial charge in [-0.25, -0.2) is 0 Å². The molecule has 0 aromatic heterocycles. The summed E-state index contributed by atoms with van der Waals surface area (Å²) in [6, 6.07) is 40.0. The SMILES string of the molecule is C1=Cc2c(c3c(c4cc5c(cc24)-c2ccccc2C52c4ccccc4-c4c(C5=CCC6Sc7ccccc7C6=C5)cccc42)CCC=C3)CC1. The zero-order valence-corrected chi connectivity index (χ0v) is 28.6. The number of benzene rings is 6. The Kier molecular flexibility index (Phi) is 5.53. The minimum absolute atomic E-state index is 0.369. The summed E-state index contributed by atoms with van der Waals surface area (Å²) in [6.07, 6.45) is 20.2. The predicted molar refractivity (Wildman–Crippen MR) is 212 cm³/mol. The molecule has 236 valence electrons. The van der Waals surface area contributed by atoms with Crippen LogP contribution in [0.2, 0.25) is 0 Å². The molecule has 1 aliphatic heterocycles. The molecule has 1 heterocycles. The smallest absolute Gasteiger partial charge is 0.0725 e. The van der Waals surface area contributed by atoms with E-state index in [2.05, 4.69) is 140 Å². The third kappa shape index (κ3) is 3.40. The van der Waals surface area contributed by atoms with Crippen LogP contribution in [0.1, 0.15) is 74.9 Å². The Bertz CT molecular complexity index is 2660. The highest BCUT2D eigenvalue weighted by molar-refractivity contribution is 8.00. The van der Waals surface area contributed by atoms with Gasteiger partial charge in [0.25, 0.3) is 0 Å². The summed E-state index contributed by atoms with van der Waals surface area (Å²) < 4.78 is 0. The highest BCUT2D eigenvalue weighted by Crippen LogP contribution is 2.64. The Morgan fingerprint density at radius 1 is 0.560 bits per heavy atom. The van der Waals surface area contributed by atoms with Gasteiger partial charge in [0.15, 0.2) is 0 Å². The summed E-state index contributed by atoms with van der Waals surface area (Å²) in [5, 5.41) is 3.39. The fourth-order valence-corrected chi connectivity index (χ4v) is 11.9. The first kappa shape index (κ1) is 27.7. The van der Waals surface area contributed by atoms with Crippen LogP contribution in [0.3, 0.4) is 0 Å². The van der Waals surface area contributed by atoms with Crippen molar-refractivity contribution in [2.45, 2.75) is 47.7 Å². The van der Waals surface area contributed by atoms with Gasteiger partial charge in [0.1, 0.15) is 0 Å². The number of hydrogen-bond donors (Lipinski definition) is 0. The lowest BCUT2D eigenvalue weighted by molar-refractivity contribution is 0.794. The molecule has 2 unspecified atom stereocenters. The van der Waals surface area contributed by atoms with E-state index in [1.165, 1.54) is 93.6 Å². The van der Waals surface area contributed by atoms with E-state index in [1.807, 2.05) is 11.8 Å². The van der Waals surface area contributed by atoms with Crippen LogP contribution in [0, 0.1) is 0 Å². The topological polar surface area (TPSA) is 0 Å². The summed E-state index contributed by atoms with van der Waals surface area (Å²) in [7, 11) is 0. The van der Waals surface area contributed by atoms with Crippen molar-refractivity contribution >= 4 is 45.8 Å². The van der Waals surface area contributed by atoms with Gasteiger partial charge >= 0.3 is 0 Å². The van der Waals surface area contributed by atoms with Gasteiger partial charge in [-0.2, -0.15) is 0 Å².